The molecule has 1 fully saturated rings. The van der Waals surface area contributed by atoms with E-state index in [1.54, 1.807) is 0 Å². The summed E-state index contributed by atoms with van der Waals surface area (Å²) in [5, 5.41) is 8.24. The van der Waals surface area contributed by atoms with Gasteiger partial charge in [-0.1, -0.05) is 26.2 Å². The molecule has 1 aliphatic rings. The molecule has 4 heteroatoms. The molecule has 0 aromatic carbocycles. The second-order valence-electron chi connectivity index (χ2n) is 5.77. The van der Waals surface area contributed by atoms with Crippen LogP contribution in [0.1, 0.15) is 50.8 Å². The van der Waals surface area contributed by atoms with E-state index >= 15 is 0 Å². The topological polar surface area (TPSA) is 29.9 Å². The van der Waals surface area contributed by atoms with E-state index in [0.717, 1.165) is 19.0 Å². The van der Waals surface area contributed by atoms with Gasteiger partial charge in [0, 0.05) is 12.7 Å². The Labute approximate surface area is 121 Å². The van der Waals surface area contributed by atoms with E-state index in [2.05, 4.69) is 35.4 Å². The molecule has 0 radical (unpaired) electrons. The minimum absolute atomic E-state index is 0.651. The molecule has 1 saturated carbocycles. The molecule has 2 rings (SSSR count). The van der Waals surface area contributed by atoms with E-state index in [1.165, 1.54) is 43.6 Å². The normalized spacial score (nSPS) is 18.6. The van der Waals surface area contributed by atoms with Crippen LogP contribution in [0.25, 0.3) is 0 Å². The van der Waals surface area contributed by atoms with Gasteiger partial charge in [-0.25, -0.2) is 0 Å². The van der Waals surface area contributed by atoms with Crippen LogP contribution in [0, 0.1) is 5.92 Å². The molecule has 1 aromatic heterocycles. The molecule has 0 saturated heterocycles. The van der Waals surface area contributed by atoms with Gasteiger partial charge >= 0.3 is 0 Å². The Morgan fingerprint density at radius 1 is 1.42 bits per heavy atom. The summed E-state index contributed by atoms with van der Waals surface area (Å²) >= 11 is 1.92. The lowest BCUT2D eigenvalue weighted by molar-refractivity contribution is 0.327. The zero-order valence-electron chi connectivity index (χ0n) is 12.3. The van der Waals surface area contributed by atoms with Gasteiger partial charge in [-0.15, -0.1) is 0 Å². The van der Waals surface area contributed by atoms with Crippen molar-refractivity contribution in [3.63, 3.8) is 0 Å². The first-order valence-corrected chi connectivity index (χ1v) is 8.92. The molecule has 19 heavy (non-hydrogen) atoms. The van der Waals surface area contributed by atoms with Gasteiger partial charge in [0.2, 0.25) is 0 Å². The highest BCUT2D eigenvalue weighted by atomic mass is 32.2. The van der Waals surface area contributed by atoms with Crippen LogP contribution in [0.3, 0.4) is 0 Å². The van der Waals surface area contributed by atoms with Crippen LogP contribution in [0.4, 0.5) is 0 Å². The first-order chi connectivity index (χ1) is 9.29. The largest absolute Gasteiger partial charge is 0.311 e. The third kappa shape index (κ3) is 4.84. The number of rotatable bonds is 7. The van der Waals surface area contributed by atoms with Gasteiger partial charge in [-0.05, 0) is 43.4 Å². The minimum Gasteiger partial charge on any atom is -0.311 e. The van der Waals surface area contributed by atoms with Gasteiger partial charge in [0.25, 0.3) is 0 Å². The van der Waals surface area contributed by atoms with E-state index in [1.807, 2.05) is 11.8 Å². The molecular formula is C15H27N3S. The smallest absolute Gasteiger partial charge is 0.0762 e. The number of nitrogens with one attached hydrogen (secondary N) is 1. The van der Waals surface area contributed by atoms with Crippen LogP contribution in [0.2, 0.25) is 0 Å². The first-order valence-electron chi connectivity index (χ1n) is 7.53. The van der Waals surface area contributed by atoms with Crippen LogP contribution in [0.5, 0.6) is 0 Å². The maximum absolute atomic E-state index is 4.73. The van der Waals surface area contributed by atoms with Crippen molar-refractivity contribution in [3.05, 3.63) is 18.0 Å². The van der Waals surface area contributed by atoms with E-state index in [0.29, 0.717) is 6.04 Å². The lowest BCUT2D eigenvalue weighted by atomic mass is 9.96. The summed E-state index contributed by atoms with van der Waals surface area (Å²) in [5.74, 6) is 1.96. The molecule has 1 heterocycles. The highest BCUT2D eigenvalue weighted by Gasteiger charge is 2.15. The highest BCUT2D eigenvalue weighted by molar-refractivity contribution is 7.98. The van der Waals surface area contributed by atoms with Crippen molar-refractivity contribution in [2.24, 2.45) is 5.92 Å². The predicted molar refractivity (Wildman–Crippen MR) is 83.6 cm³/mol. The molecular weight excluding hydrogens is 254 g/mol. The highest BCUT2D eigenvalue weighted by Crippen LogP contribution is 2.27. The van der Waals surface area contributed by atoms with Gasteiger partial charge in [0.05, 0.1) is 11.7 Å². The minimum atomic E-state index is 0.651. The summed E-state index contributed by atoms with van der Waals surface area (Å²) in [6, 6.07) is 2.82. The van der Waals surface area contributed by atoms with Crippen LogP contribution in [0.15, 0.2) is 12.3 Å². The maximum Gasteiger partial charge on any atom is 0.0762 e. The predicted octanol–water partition coefficient (Wildman–Crippen LogP) is 3.48. The number of aromatic nitrogens is 2. The Balaban J connectivity index is 1.74. The summed E-state index contributed by atoms with van der Waals surface area (Å²) in [7, 11) is 0. The second kappa shape index (κ2) is 7.95. The first kappa shape index (κ1) is 14.9. The van der Waals surface area contributed by atoms with Gasteiger partial charge in [-0.3, -0.25) is 4.68 Å². The van der Waals surface area contributed by atoms with Gasteiger partial charge in [-0.2, -0.15) is 16.9 Å². The monoisotopic (exact) mass is 281 g/mol. The SMILES string of the molecule is CSCC(C)CNCc1ccn(C2CCCCC2)n1. The Morgan fingerprint density at radius 3 is 2.95 bits per heavy atom. The summed E-state index contributed by atoms with van der Waals surface area (Å²) in [6.07, 6.45) is 11.1. The molecule has 0 amide bonds. The van der Waals surface area contributed by atoms with Gasteiger partial charge in [0.1, 0.15) is 0 Å². The van der Waals surface area contributed by atoms with E-state index in [4.69, 9.17) is 5.10 Å². The molecule has 0 bridgehead atoms. The number of hydrogen-bond donors (Lipinski definition) is 1. The van der Waals surface area contributed by atoms with Crippen LogP contribution >= 0.6 is 11.8 Å². The third-order valence-electron chi connectivity index (χ3n) is 3.86. The van der Waals surface area contributed by atoms with E-state index in [-0.39, 0.29) is 0 Å². The van der Waals surface area contributed by atoms with Crippen molar-refractivity contribution < 1.29 is 0 Å². The molecule has 0 spiro atoms. The third-order valence-corrected chi connectivity index (χ3v) is 4.76. The van der Waals surface area contributed by atoms with Gasteiger partial charge < -0.3 is 5.32 Å². The van der Waals surface area contributed by atoms with Crippen molar-refractivity contribution >= 4 is 11.8 Å². The van der Waals surface area contributed by atoms with Crippen molar-refractivity contribution in [1.82, 2.24) is 15.1 Å². The van der Waals surface area contributed by atoms with Gasteiger partial charge in [0.15, 0.2) is 0 Å². The Morgan fingerprint density at radius 2 is 2.21 bits per heavy atom. The average molecular weight is 281 g/mol. The fourth-order valence-electron chi connectivity index (χ4n) is 2.81. The van der Waals surface area contributed by atoms with Crippen LogP contribution < -0.4 is 5.32 Å². The Kier molecular flexibility index (Phi) is 6.24. The molecule has 1 aromatic rings. The molecule has 1 aliphatic carbocycles. The zero-order chi connectivity index (χ0) is 13.5. The zero-order valence-corrected chi connectivity index (χ0v) is 13.1. The molecule has 0 aliphatic heterocycles. The van der Waals surface area contributed by atoms with Crippen LogP contribution in [-0.2, 0) is 6.54 Å². The Bertz CT molecular complexity index is 358. The van der Waals surface area contributed by atoms with Crippen molar-refractivity contribution in [2.45, 2.75) is 51.6 Å². The lowest BCUT2D eigenvalue weighted by Gasteiger charge is -2.21. The second-order valence-corrected chi connectivity index (χ2v) is 6.68. The summed E-state index contributed by atoms with van der Waals surface area (Å²) in [6.45, 7) is 4.28. The van der Waals surface area contributed by atoms with Crippen molar-refractivity contribution in [1.29, 1.82) is 0 Å². The van der Waals surface area contributed by atoms with Crippen molar-refractivity contribution in [3.8, 4) is 0 Å². The van der Waals surface area contributed by atoms with Crippen LogP contribution in [-0.4, -0.2) is 28.3 Å². The molecule has 1 atom stereocenters. The quantitative estimate of drug-likeness (QED) is 0.830. The van der Waals surface area contributed by atoms with E-state index in [9.17, 15) is 0 Å². The summed E-state index contributed by atoms with van der Waals surface area (Å²) < 4.78 is 2.20. The number of hydrogen-bond acceptors (Lipinski definition) is 3. The molecule has 1 unspecified atom stereocenters. The standard InChI is InChI=1S/C15H27N3S/c1-13(12-19-2)10-16-11-14-8-9-18(17-14)15-6-4-3-5-7-15/h8-9,13,15-16H,3-7,10-12H2,1-2H3. The molecule has 3 nitrogen and oxygen atoms in total. The maximum atomic E-state index is 4.73. The fourth-order valence-corrected chi connectivity index (χ4v) is 3.50. The summed E-state index contributed by atoms with van der Waals surface area (Å²) in [5.41, 5.74) is 1.18. The average Bonchev–Trinajstić information content (AvgIpc) is 2.89. The molecule has 108 valence electrons. The number of nitrogens with zero attached hydrogens (tertiary/aromatic N) is 2. The molecule has 1 N–H and O–H groups in total. The van der Waals surface area contributed by atoms with E-state index < -0.39 is 0 Å². The lowest BCUT2D eigenvalue weighted by Crippen LogP contribution is -2.22. The Hall–Kier alpha value is -0.480. The van der Waals surface area contributed by atoms with Crippen molar-refractivity contribution in [2.75, 3.05) is 18.6 Å². The fraction of sp³-hybridized carbons (Fsp3) is 0.800. The summed E-state index contributed by atoms with van der Waals surface area (Å²) in [4.78, 5) is 0. The number of thioether (sulfide) groups is 1.